The predicted molar refractivity (Wildman–Crippen MR) is 80.8 cm³/mol. The number of aryl methyl sites for hydroxylation is 1. The molecule has 3 heterocycles. The maximum absolute atomic E-state index is 5.94. The summed E-state index contributed by atoms with van der Waals surface area (Å²) in [5.41, 5.74) is 3.00. The van der Waals surface area contributed by atoms with Crippen LogP contribution in [0.4, 0.5) is 5.69 Å². The van der Waals surface area contributed by atoms with Crippen LogP contribution in [0.5, 0.6) is 0 Å². The fraction of sp³-hybridized carbons (Fsp3) is 0.333. The molecule has 4 rings (SSSR count). The largest absolute Gasteiger partial charge is 0.369 e. The lowest BCUT2D eigenvalue weighted by Gasteiger charge is -2.17. The molecule has 0 unspecified atom stereocenters. The lowest BCUT2D eigenvalue weighted by atomic mass is 10.1. The second-order valence-corrected chi connectivity index (χ2v) is 5.88. The van der Waals surface area contributed by atoms with Gasteiger partial charge >= 0.3 is 0 Å². The Balaban J connectivity index is 1.59. The minimum atomic E-state index is 0.370. The van der Waals surface area contributed by atoms with Crippen LogP contribution >= 0.6 is 11.6 Å². The van der Waals surface area contributed by atoms with Crippen molar-refractivity contribution in [1.82, 2.24) is 20.3 Å². The summed E-state index contributed by atoms with van der Waals surface area (Å²) in [5.74, 6) is 2.69. The maximum Gasteiger partial charge on any atom is 0.132 e. The first kappa shape index (κ1) is 12.7. The highest BCUT2D eigenvalue weighted by atomic mass is 35.5. The van der Waals surface area contributed by atoms with Crippen molar-refractivity contribution in [2.24, 2.45) is 10.9 Å². The van der Waals surface area contributed by atoms with Crippen LogP contribution in [-0.2, 0) is 6.54 Å². The number of amidine groups is 1. The van der Waals surface area contributed by atoms with Crippen molar-refractivity contribution in [2.75, 3.05) is 0 Å². The van der Waals surface area contributed by atoms with Crippen molar-refractivity contribution >= 4 is 23.1 Å². The highest BCUT2D eigenvalue weighted by Gasteiger charge is 2.45. The quantitative estimate of drug-likeness (QED) is 0.866. The van der Waals surface area contributed by atoms with Crippen LogP contribution in [0, 0.1) is 12.8 Å². The van der Waals surface area contributed by atoms with E-state index in [1.54, 1.807) is 6.20 Å². The van der Waals surface area contributed by atoms with Gasteiger partial charge in [0.15, 0.2) is 0 Å². The first-order chi connectivity index (χ1) is 10.2. The van der Waals surface area contributed by atoms with E-state index in [9.17, 15) is 0 Å². The van der Waals surface area contributed by atoms with Gasteiger partial charge in [-0.15, -0.1) is 0 Å². The molecule has 2 aromatic heterocycles. The van der Waals surface area contributed by atoms with Gasteiger partial charge in [-0.05, 0) is 19.4 Å². The molecule has 6 heteroatoms. The van der Waals surface area contributed by atoms with E-state index in [0.717, 1.165) is 41.6 Å². The van der Waals surface area contributed by atoms with Gasteiger partial charge < -0.3 is 5.32 Å². The molecule has 0 spiro atoms. The molecule has 0 saturated heterocycles. The van der Waals surface area contributed by atoms with Crippen molar-refractivity contribution in [3.05, 3.63) is 46.8 Å². The summed E-state index contributed by atoms with van der Waals surface area (Å²) >= 11 is 5.94. The number of pyridine rings is 1. The number of rotatable bonds is 2. The molecule has 1 saturated carbocycles. The van der Waals surface area contributed by atoms with E-state index in [0.29, 0.717) is 17.0 Å². The summed E-state index contributed by atoms with van der Waals surface area (Å²) in [5, 5.41) is 3.86. The SMILES string of the molecule is Cc1ccnc([C@H]2C[C@@H]2C2=Nc3cc(Cl)ncc3CN2)n1. The van der Waals surface area contributed by atoms with Gasteiger partial charge in [0.1, 0.15) is 16.8 Å². The third-order valence-electron chi connectivity index (χ3n) is 3.92. The molecule has 1 fully saturated rings. The third kappa shape index (κ3) is 2.38. The normalized spacial score (nSPS) is 23.0. The Morgan fingerprint density at radius 3 is 3.05 bits per heavy atom. The number of halogens is 1. The fourth-order valence-corrected chi connectivity index (χ4v) is 2.84. The number of fused-ring (bicyclic) bond motifs is 1. The molecule has 1 N–H and O–H groups in total. The minimum absolute atomic E-state index is 0.370. The van der Waals surface area contributed by atoms with E-state index < -0.39 is 0 Å². The van der Waals surface area contributed by atoms with Gasteiger partial charge in [-0.1, -0.05) is 11.6 Å². The number of nitrogens with zero attached hydrogens (tertiary/aromatic N) is 4. The monoisotopic (exact) mass is 299 g/mol. The van der Waals surface area contributed by atoms with Crippen LogP contribution in [0.2, 0.25) is 5.15 Å². The van der Waals surface area contributed by atoms with E-state index in [4.69, 9.17) is 16.6 Å². The highest BCUT2D eigenvalue weighted by molar-refractivity contribution is 6.29. The third-order valence-corrected chi connectivity index (χ3v) is 4.12. The topological polar surface area (TPSA) is 63.1 Å². The Labute approximate surface area is 127 Å². The molecule has 1 aliphatic carbocycles. The van der Waals surface area contributed by atoms with Gasteiger partial charge in [0, 0.05) is 48.1 Å². The van der Waals surface area contributed by atoms with Crippen LogP contribution in [-0.4, -0.2) is 20.8 Å². The Morgan fingerprint density at radius 1 is 1.29 bits per heavy atom. The summed E-state index contributed by atoms with van der Waals surface area (Å²) in [6, 6.07) is 3.74. The number of hydrogen-bond acceptors (Lipinski definition) is 5. The molecule has 2 aromatic rings. The van der Waals surface area contributed by atoms with Crippen LogP contribution in [0.1, 0.15) is 29.4 Å². The average molecular weight is 300 g/mol. The van der Waals surface area contributed by atoms with Crippen molar-refractivity contribution in [1.29, 1.82) is 0 Å². The summed E-state index contributed by atoms with van der Waals surface area (Å²) in [7, 11) is 0. The first-order valence-electron chi connectivity index (χ1n) is 6.97. The molecule has 0 radical (unpaired) electrons. The van der Waals surface area contributed by atoms with Crippen molar-refractivity contribution < 1.29 is 0 Å². The number of nitrogens with one attached hydrogen (secondary N) is 1. The molecule has 0 aromatic carbocycles. The zero-order chi connectivity index (χ0) is 14.4. The smallest absolute Gasteiger partial charge is 0.132 e. The molecule has 5 nitrogen and oxygen atoms in total. The molecule has 2 atom stereocenters. The fourth-order valence-electron chi connectivity index (χ4n) is 2.69. The van der Waals surface area contributed by atoms with E-state index in [-0.39, 0.29) is 0 Å². The first-order valence-corrected chi connectivity index (χ1v) is 7.35. The number of hydrogen-bond donors (Lipinski definition) is 1. The van der Waals surface area contributed by atoms with E-state index in [1.165, 1.54) is 0 Å². The second kappa shape index (κ2) is 4.77. The van der Waals surface area contributed by atoms with Crippen LogP contribution in [0.15, 0.2) is 29.5 Å². The minimum Gasteiger partial charge on any atom is -0.369 e. The molecular formula is C15H14ClN5. The van der Waals surface area contributed by atoms with Crippen molar-refractivity contribution in [3.63, 3.8) is 0 Å². The van der Waals surface area contributed by atoms with Crippen molar-refractivity contribution in [2.45, 2.75) is 25.8 Å². The van der Waals surface area contributed by atoms with E-state index in [1.807, 2.05) is 25.3 Å². The van der Waals surface area contributed by atoms with E-state index >= 15 is 0 Å². The molecule has 1 aliphatic heterocycles. The summed E-state index contributed by atoms with van der Waals surface area (Å²) in [6.45, 7) is 2.74. The second-order valence-electron chi connectivity index (χ2n) is 5.49. The Kier molecular flexibility index (Phi) is 2.89. The summed E-state index contributed by atoms with van der Waals surface area (Å²) in [4.78, 5) is 17.7. The van der Waals surface area contributed by atoms with E-state index in [2.05, 4.69) is 20.3 Å². The Bertz CT molecular complexity index is 743. The molecule has 0 bridgehead atoms. The van der Waals surface area contributed by atoms with Crippen LogP contribution in [0.25, 0.3) is 0 Å². The molecule has 21 heavy (non-hydrogen) atoms. The summed E-state index contributed by atoms with van der Waals surface area (Å²) in [6.07, 6.45) is 4.65. The average Bonchev–Trinajstić information content (AvgIpc) is 3.27. The number of aliphatic imine (C=N–C) groups is 1. The van der Waals surface area contributed by atoms with Crippen LogP contribution < -0.4 is 5.32 Å². The lowest BCUT2D eigenvalue weighted by Crippen LogP contribution is -2.28. The lowest BCUT2D eigenvalue weighted by molar-refractivity contribution is 0.818. The predicted octanol–water partition coefficient (Wildman–Crippen LogP) is 2.77. The van der Waals surface area contributed by atoms with Gasteiger partial charge in [0.25, 0.3) is 0 Å². The zero-order valence-electron chi connectivity index (χ0n) is 11.5. The summed E-state index contributed by atoms with van der Waals surface area (Å²) < 4.78 is 0. The molecule has 106 valence electrons. The molecule has 2 aliphatic rings. The molecule has 0 amide bonds. The zero-order valence-corrected chi connectivity index (χ0v) is 12.3. The highest BCUT2D eigenvalue weighted by Crippen LogP contribution is 2.47. The van der Waals surface area contributed by atoms with Gasteiger partial charge in [0.2, 0.25) is 0 Å². The van der Waals surface area contributed by atoms with Crippen molar-refractivity contribution in [3.8, 4) is 0 Å². The number of aromatic nitrogens is 3. The standard InChI is InChI=1S/C15H14ClN5/c1-8-2-3-17-14(20-8)10-4-11(10)15-19-7-9-6-18-13(16)5-12(9)21-15/h2-3,5-6,10-11H,4,7H2,1H3,(H,19,21)/t10-,11-/m0/s1. The van der Waals surface area contributed by atoms with Gasteiger partial charge in [-0.2, -0.15) is 0 Å². The molecular weight excluding hydrogens is 286 g/mol. The van der Waals surface area contributed by atoms with Gasteiger partial charge in [-0.25, -0.2) is 19.9 Å². The Hall–Kier alpha value is -2.01. The maximum atomic E-state index is 5.94. The Morgan fingerprint density at radius 2 is 2.19 bits per heavy atom. The van der Waals surface area contributed by atoms with Gasteiger partial charge in [-0.3, -0.25) is 0 Å². The van der Waals surface area contributed by atoms with Crippen LogP contribution in [0.3, 0.4) is 0 Å². The van der Waals surface area contributed by atoms with Gasteiger partial charge in [0.05, 0.1) is 5.69 Å².